The molecule has 0 bridgehead atoms. The highest BCUT2D eigenvalue weighted by Gasteiger charge is 2.26. The van der Waals surface area contributed by atoms with Crippen molar-refractivity contribution < 1.29 is 28.7 Å². The molecule has 2 aromatic carbocycles. The first-order chi connectivity index (χ1) is 14.8. The van der Waals surface area contributed by atoms with Crippen LogP contribution in [0.3, 0.4) is 0 Å². The third-order valence-corrected chi connectivity index (χ3v) is 4.41. The van der Waals surface area contributed by atoms with Crippen LogP contribution in [0.15, 0.2) is 47.1 Å². The molecule has 0 saturated heterocycles. The van der Waals surface area contributed by atoms with Gasteiger partial charge in [0.2, 0.25) is 5.90 Å². The Hall–Kier alpha value is -3.72. The second-order valence-corrected chi connectivity index (χ2v) is 6.63. The Balaban J connectivity index is 1.93. The van der Waals surface area contributed by atoms with Crippen molar-refractivity contribution in [2.75, 3.05) is 6.61 Å². The van der Waals surface area contributed by atoms with Crippen LogP contribution in [0.4, 0.5) is 5.69 Å². The van der Waals surface area contributed by atoms with Gasteiger partial charge in [0.05, 0.1) is 11.5 Å². The van der Waals surface area contributed by atoms with Crippen molar-refractivity contribution in [2.45, 2.75) is 20.3 Å². The summed E-state index contributed by atoms with van der Waals surface area (Å²) in [5.74, 6) is -0.593. The quantitative estimate of drug-likeness (QED) is 0.205. The minimum absolute atomic E-state index is 0.00615. The standard InChI is InChI=1S/C21H17ClN2O7/c1-3-19(25)30-17-8-5-12(10-18(17)29-4-2)9-15-21(26)31-20(23-15)13-6-7-14(22)16(11-13)24(27)28/h5-11H,3-4H2,1-2H3/b15-9-. The molecule has 9 nitrogen and oxygen atoms in total. The van der Waals surface area contributed by atoms with Crippen molar-refractivity contribution in [2.24, 2.45) is 4.99 Å². The summed E-state index contributed by atoms with van der Waals surface area (Å²) in [6, 6.07) is 8.76. The number of halogens is 1. The van der Waals surface area contributed by atoms with Gasteiger partial charge in [0, 0.05) is 18.1 Å². The number of benzene rings is 2. The van der Waals surface area contributed by atoms with Crippen LogP contribution in [-0.4, -0.2) is 29.4 Å². The van der Waals surface area contributed by atoms with Gasteiger partial charge in [0.1, 0.15) is 5.02 Å². The Labute approximate surface area is 182 Å². The molecule has 160 valence electrons. The molecule has 3 rings (SSSR count). The fourth-order valence-corrected chi connectivity index (χ4v) is 2.82. The minimum Gasteiger partial charge on any atom is -0.490 e. The molecule has 2 aromatic rings. The van der Waals surface area contributed by atoms with E-state index in [2.05, 4.69) is 4.99 Å². The number of esters is 2. The average molecular weight is 445 g/mol. The molecule has 1 aliphatic heterocycles. The van der Waals surface area contributed by atoms with E-state index in [1.807, 2.05) is 0 Å². The van der Waals surface area contributed by atoms with E-state index in [4.69, 9.17) is 25.8 Å². The SMILES string of the molecule is CCOc1cc(/C=C2\N=C(c3ccc(Cl)c([N+](=O)[O-])c3)OC2=O)ccc1OC(=O)CC. The first kappa shape index (κ1) is 22.0. The highest BCUT2D eigenvalue weighted by Crippen LogP contribution is 2.31. The van der Waals surface area contributed by atoms with E-state index >= 15 is 0 Å². The maximum absolute atomic E-state index is 12.2. The molecule has 31 heavy (non-hydrogen) atoms. The number of ether oxygens (including phenoxy) is 3. The summed E-state index contributed by atoms with van der Waals surface area (Å²) in [7, 11) is 0. The molecule has 1 heterocycles. The minimum atomic E-state index is -0.716. The smallest absolute Gasteiger partial charge is 0.363 e. The lowest BCUT2D eigenvalue weighted by Crippen LogP contribution is -2.07. The molecule has 0 N–H and O–H groups in total. The zero-order chi connectivity index (χ0) is 22.5. The topological polar surface area (TPSA) is 117 Å². The Morgan fingerprint density at radius 1 is 1.23 bits per heavy atom. The first-order valence-corrected chi connectivity index (χ1v) is 9.64. The number of hydrogen-bond acceptors (Lipinski definition) is 8. The number of nitrogens with zero attached hydrogens (tertiary/aromatic N) is 2. The number of carbonyl (C=O) groups is 2. The highest BCUT2D eigenvalue weighted by molar-refractivity contribution is 6.32. The van der Waals surface area contributed by atoms with Gasteiger partial charge < -0.3 is 14.2 Å². The second-order valence-electron chi connectivity index (χ2n) is 6.23. The van der Waals surface area contributed by atoms with Crippen LogP contribution in [0.1, 0.15) is 31.4 Å². The van der Waals surface area contributed by atoms with E-state index in [-0.39, 0.29) is 40.0 Å². The van der Waals surface area contributed by atoms with Gasteiger partial charge in [-0.1, -0.05) is 24.6 Å². The van der Waals surface area contributed by atoms with Crippen LogP contribution in [0, 0.1) is 10.1 Å². The van der Waals surface area contributed by atoms with Crippen LogP contribution < -0.4 is 9.47 Å². The predicted molar refractivity (Wildman–Crippen MR) is 112 cm³/mol. The molecule has 1 aliphatic rings. The molecule has 0 amide bonds. The average Bonchev–Trinajstić information content (AvgIpc) is 3.10. The number of nitro groups is 1. The van der Waals surface area contributed by atoms with Gasteiger partial charge in [-0.25, -0.2) is 9.79 Å². The molecule has 0 saturated carbocycles. The van der Waals surface area contributed by atoms with E-state index in [0.29, 0.717) is 17.9 Å². The highest BCUT2D eigenvalue weighted by atomic mass is 35.5. The second kappa shape index (κ2) is 9.40. The zero-order valence-electron chi connectivity index (χ0n) is 16.6. The summed E-state index contributed by atoms with van der Waals surface area (Å²) in [4.78, 5) is 38.4. The predicted octanol–water partition coefficient (Wildman–Crippen LogP) is 4.31. The van der Waals surface area contributed by atoms with Crippen molar-refractivity contribution in [3.8, 4) is 11.5 Å². The molecule has 0 atom stereocenters. The molecule has 0 unspecified atom stereocenters. The number of nitro benzene ring substituents is 1. The van der Waals surface area contributed by atoms with Crippen molar-refractivity contribution in [3.63, 3.8) is 0 Å². The molecule has 0 radical (unpaired) electrons. The van der Waals surface area contributed by atoms with E-state index in [0.717, 1.165) is 0 Å². The Kier molecular flexibility index (Phi) is 6.66. The molecule has 0 aromatic heterocycles. The number of carbonyl (C=O) groups excluding carboxylic acids is 2. The molecule has 0 spiro atoms. The number of hydrogen-bond donors (Lipinski definition) is 0. The fourth-order valence-electron chi connectivity index (χ4n) is 2.64. The van der Waals surface area contributed by atoms with Gasteiger partial charge in [-0.3, -0.25) is 14.9 Å². The number of cyclic esters (lactones) is 1. The van der Waals surface area contributed by atoms with Crippen LogP contribution >= 0.6 is 11.6 Å². The van der Waals surface area contributed by atoms with Crippen LogP contribution in [0.25, 0.3) is 6.08 Å². The van der Waals surface area contributed by atoms with E-state index in [9.17, 15) is 19.7 Å². The Bertz CT molecular complexity index is 1120. The monoisotopic (exact) mass is 444 g/mol. The summed E-state index contributed by atoms with van der Waals surface area (Å²) in [6.45, 7) is 3.81. The largest absolute Gasteiger partial charge is 0.490 e. The Morgan fingerprint density at radius 3 is 2.68 bits per heavy atom. The van der Waals surface area contributed by atoms with Crippen LogP contribution in [0.2, 0.25) is 5.02 Å². The van der Waals surface area contributed by atoms with Gasteiger partial charge in [-0.05, 0) is 42.8 Å². The molecule has 0 fully saturated rings. The zero-order valence-corrected chi connectivity index (χ0v) is 17.3. The maximum atomic E-state index is 12.2. The van der Waals surface area contributed by atoms with Crippen molar-refractivity contribution in [3.05, 3.63) is 68.4 Å². The summed E-state index contributed by atoms with van der Waals surface area (Å²) in [5, 5.41) is 11.0. The van der Waals surface area contributed by atoms with Crippen LogP contribution in [0.5, 0.6) is 11.5 Å². The van der Waals surface area contributed by atoms with Gasteiger partial charge in [-0.2, -0.15) is 0 Å². The van der Waals surface area contributed by atoms with Crippen LogP contribution in [-0.2, 0) is 14.3 Å². The van der Waals surface area contributed by atoms with Gasteiger partial charge in [0.15, 0.2) is 17.2 Å². The van der Waals surface area contributed by atoms with Crippen molar-refractivity contribution in [1.82, 2.24) is 0 Å². The summed E-state index contributed by atoms with van der Waals surface area (Å²) in [5.41, 5.74) is 0.464. The van der Waals surface area contributed by atoms with E-state index in [1.54, 1.807) is 32.0 Å². The molecule has 10 heteroatoms. The molecular weight excluding hydrogens is 428 g/mol. The maximum Gasteiger partial charge on any atom is 0.363 e. The lowest BCUT2D eigenvalue weighted by molar-refractivity contribution is -0.384. The van der Waals surface area contributed by atoms with E-state index < -0.39 is 16.9 Å². The third-order valence-electron chi connectivity index (χ3n) is 4.09. The van der Waals surface area contributed by atoms with Crippen molar-refractivity contribution >= 4 is 41.2 Å². The first-order valence-electron chi connectivity index (χ1n) is 9.26. The summed E-state index contributed by atoms with van der Waals surface area (Å²) < 4.78 is 15.9. The molecule has 0 aliphatic carbocycles. The number of aliphatic imine (C=N–C) groups is 1. The summed E-state index contributed by atoms with van der Waals surface area (Å²) >= 11 is 5.81. The van der Waals surface area contributed by atoms with Crippen molar-refractivity contribution in [1.29, 1.82) is 0 Å². The normalized spacial score (nSPS) is 14.2. The fraction of sp³-hybridized carbons (Fsp3) is 0.190. The van der Waals surface area contributed by atoms with Gasteiger partial charge in [0.25, 0.3) is 5.69 Å². The number of rotatable bonds is 7. The molecular formula is C21H17ClN2O7. The third kappa shape index (κ3) is 5.07. The van der Waals surface area contributed by atoms with E-state index in [1.165, 1.54) is 24.3 Å². The summed E-state index contributed by atoms with van der Waals surface area (Å²) in [6.07, 6.45) is 1.68. The van der Waals surface area contributed by atoms with Gasteiger partial charge in [-0.15, -0.1) is 0 Å². The lowest BCUT2D eigenvalue weighted by Gasteiger charge is -2.10. The Morgan fingerprint density at radius 2 is 2.00 bits per heavy atom. The van der Waals surface area contributed by atoms with Gasteiger partial charge >= 0.3 is 11.9 Å². The lowest BCUT2D eigenvalue weighted by atomic mass is 10.1.